The minimum atomic E-state index is -0.262. The van der Waals surface area contributed by atoms with Crippen molar-refractivity contribution in [3.8, 4) is 11.5 Å². The lowest BCUT2D eigenvalue weighted by Crippen LogP contribution is -2.10. The summed E-state index contributed by atoms with van der Waals surface area (Å²) < 4.78 is 6.73. The number of carbonyl (C=O) groups is 1. The number of aromatic nitrogens is 1. The number of thiophene rings is 1. The van der Waals surface area contributed by atoms with E-state index in [1.165, 1.54) is 11.3 Å². The van der Waals surface area contributed by atoms with Gasteiger partial charge in [-0.3, -0.25) is 4.79 Å². The van der Waals surface area contributed by atoms with Gasteiger partial charge in [0.2, 0.25) is 5.89 Å². The molecule has 0 radical (unpaired) electrons. The number of nitrogens with one attached hydrogen (secondary N) is 1. The second kappa shape index (κ2) is 7.43. The van der Waals surface area contributed by atoms with Gasteiger partial charge in [-0.25, -0.2) is 4.98 Å². The van der Waals surface area contributed by atoms with Crippen LogP contribution in [0.25, 0.3) is 32.6 Å². The van der Waals surface area contributed by atoms with Crippen LogP contribution >= 0.6 is 34.5 Å². The number of hydrogen-bond acceptors (Lipinski definition) is 4. The molecule has 5 rings (SSSR count). The van der Waals surface area contributed by atoms with Gasteiger partial charge in [0, 0.05) is 26.4 Å². The van der Waals surface area contributed by atoms with Gasteiger partial charge in [-0.15, -0.1) is 11.3 Å². The molecule has 1 N–H and O–H groups in total. The van der Waals surface area contributed by atoms with E-state index in [1.807, 2.05) is 55.5 Å². The molecule has 5 aromatic rings. The first-order valence-electron chi connectivity index (χ1n) is 9.14. The summed E-state index contributed by atoms with van der Waals surface area (Å²) in [6.07, 6.45) is 0. The van der Waals surface area contributed by atoms with Crippen molar-refractivity contribution in [1.29, 1.82) is 0 Å². The van der Waals surface area contributed by atoms with E-state index in [0.29, 0.717) is 26.5 Å². The Kier molecular flexibility index (Phi) is 4.74. The van der Waals surface area contributed by atoms with Crippen molar-refractivity contribution in [3.63, 3.8) is 0 Å². The molecule has 0 aliphatic rings. The van der Waals surface area contributed by atoms with Crippen LogP contribution in [0, 0.1) is 6.92 Å². The number of amides is 1. The van der Waals surface area contributed by atoms with E-state index in [0.717, 1.165) is 32.3 Å². The monoisotopic (exact) mass is 452 g/mol. The lowest BCUT2D eigenvalue weighted by atomic mass is 10.2. The first-order valence-corrected chi connectivity index (χ1v) is 10.7. The van der Waals surface area contributed by atoms with Crippen LogP contribution in [0.1, 0.15) is 15.2 Å². The van der Waals surface area contributed by atoms with Gasteiger partial charge in [-0.1, -0.05) is 35.3 Å². The Morgan fingerprint density at radius 3 is 2.63 bits per heavy atom. The van der Waals surface area contributed by atoms with Gasteiger partial charge in [0.1, 0.15) is 10.4 Å². The van der Waals surface area contributed by atoms with Gasteiger partial charge < -0.3 is 9.73 Å². The van der Waals surface area contributed by atoms with E-state index in [4.69, 9.17) is 27.6 Å². The predicted octanol–water partition coefficient (Wildman–Crippen LogP) is 7.58. The van der Waals surface area contributed by atoms with Crippen LogP contribution in [0.4, 0.5) is 5.69 Å². The summed E-state index contributed by atoms with van der Waals surface area (Å²) in [5, 5.41) is 4.75. The summed E-state index contributed by atoms with van der Waals surface area (Å²) in [6, 6.07) is 18.6. The number of oxazole rings is 1. The zero-order valence-corrected chi connectivity index (χ0v) is 18.0. The standard InChI is InChI=1S/C23H14Cl2N2O2S/c1-12-2-9-17-18(10-12)29-23(27-17)13-3-6-15(7-4-13)26-22(28)21-20(25)16-8-5-14(24)11-19(16)30-21/h2-11H,1H3,(H,26,28). The molecule has 0 saturated carbocycles. The third kappa shape index (κ3) is 3.45. The van der Waals surface area contributed by atoms with Crippen LogP contribution in [-0.2, 0) is 0 Å². The quantitative estimate of drug-likeness (QED) is 0.306. The van der Waals surface area contributed by atoms with Crippen LogP contribution in [0.15, 0.2) is 65.1 Å². The van der Waals surface area contributed by atoms with Crippen LogP contribution in [0.2, 0.25) is 10.0 Å². The zero-order chi connectivity index (χ0) is 20.8. The lowest BCUT2D eigenvalue weighted by molar-refractivity contribution is 0.103. The Morgan fingerprint density at radius 1 is 1.03 bits per heavy atom. The van der Waals surface area contributed by atoms with E-state index in [2.05, 4.69) is 10.3 Å². The van der Waals surface area contributed by atoms with Crippen LogP contribution < -0.4 is 5.32 Å². The maximum absolute atomic E-state index is 12.7. The van der Waals surface area contributed by atoms with E-state index >= 15 is 0 Å². The first kappa shape index (κ1) is 19.1. The Morgan fingerprint density at radius 2 is 1.83 bits per heavy atom. The van der Waals surface area contributed by atoms with Crippen molar-refractivity contribution >= 4 is 67.3 Å². The summed E-state index contributed by atoms with van der Waals surface area (Å²) >= 11 is 13.8. The Balaban J connectivity index is 1.39. The number of carbonyl (C=O) groups excluding carboxylic acids is 1. The van der Waals surface area contributed by atoms with Gasteiger partial charge in [-0.2, -0.15) is 0 Å². The summed E-state index contributed by atoms with van der Waals surface area (Å²) in [4.78, 5) is 17.7. The molecule has 3 aromatic carbocycles. The average molecular weight is 453 g/mol. The average Bonchev–Trinajstić information content (AvgIpc) is 3.29. The normalized spacial score (nSPS) is 11.3. The number of nitrogens with zero attached hydrogens (tertiary/aromatic N) is 1. The summed E-state index contributed by atoms with van der Waals surface area (Å²) in [5.41, 5.74) is 4.17. The first-order chi connectivity index (χ1) is 14.5. The van der Waals surface area contributed by atoms with E-state index in [9.17, 15) is 4.79 Å². The maximum Gasteiger partial charge on any atom is 0.267 e. The number of aryl methyl sites for hydroxylation is 1. The number of fused-ring (bicyclic) bond motifs is 2. The smallest absolute Gasteiger partial charge is 0.267 e. The van der Waals surface area contributed by atoms with Gasteiger partial charge in [0.25, 0.3) is 5.91 Å². The Bertz CT molecular complexity index is 1420. The van der Waals surface area contributed by atoms with Crippen molar-refractivity contribution < 1.29 is 9.21 Å². The molecule has 0 bridgehead atoms. The predicted molar refractivity (Wildman–Crippen MR) is 124 cm³/mol. The summed E-state index contributed by atoms with van der Waals surface area (Å²) in [7, 11) is 0. The zero-order valence-electron chi connectivity index (χ0n) is 15.7. The molecular weight excluding hydrogens is 439 g/mol. The molecule has 2 aromatic heterocycles. The molecule has 0 aliphatic heterocycles. The largest absolute Gasteiger partial charge is 0.436 e. The second-order valence-corrected chi connectivity index (χ2v) is 8.77. The number of halogens is 2. The van der Waals surface area contributed by atoms with Crippen molar-refractivity contribution in [2.75, 3.05) is 5.32 Å². The van der Waals surface area contributed by atoms with Gasteiger partial charge in [-0.05, 0) is 61.0 Å². The third-order valence-corrected chi connectivity index (χ3v) is 6.62. The number of rotatable bonds is 3. The number of hydrogen-bond donors (Lipinski definition) is 1. The lowest BCUT2D eigenvalue weighted by Gasteiger charge is -2.04. The molecule has 4 nitrogen and oxygen atoms in total. The molecule has 2 heterocycles. The fraction of sp³-hybridized carbons (Fsp3) is 0.0435. The fourth-order valence-electron chi connectivity index (χ4n) is 3.22. The molecule has 0 aliphatic carbocycles. The molecule has 7 heteroatoms. The van der Waals surface area contributed by atoms with Crippen molar-refractivity contribution in [2.24, 2.45) is 0 Å². The molecule has 148 valence electrons. The molecule has 0 spiro atoms. The molecule has 0 saturated heterocycles. The van der Waals surface area contributed by atoms with Crippen molar-refractivity contribution in [2.45, 2.75) is 6.92 Å². The van der Waals surface area contributed by atoms with E-state index in [1.54, 1.807) is 12.1 Å². The second-order valence-electron chi connectivity index (χ2n) is 6.91. The highest BCUT2D eigenvalue weighted by Crippen LogP contribution is 2.37. The van der Waals surface area contributed by atoms with Crippen LogP contribution in [0.5, 0.6) is 0 Å². The van der Waals surface area contributed by atoms with E-state index < -0.39 is 0 Å². The molecule has 30 heavy (non-hydrogen) atoms. The topological polar surface area (TPSA) is 55.1 Å². The Labute approximate surface area is 186 Å². The maximum atomic E-state index is 12.7. The highest BCUT2D eigenvalue weighted by Gasteiger charge is 2.18. The third-order valence-electron chi connectivity index (χ3n) is 4.73. The molecular formula is C23H14Cl2N2O2S. The van der Waals surface area contributed by atoms with Crippen LogP contribution in [0.3, 0.4) is 0 Å². The number of benzene rings is 3. The summed E-state index contributed by atoms with van der Waals surface area (Å²) in [5.74, 6) is 0.278. The molecule has 1 amide bonds. The summed E-state index contributed by atoms with van der Waals surface area (Å²) in [6.45, 7) is 2.01. The highest BCUT2D eigenvalue weighted by molar-refractivity contribution is 7.21. The van der Waals surface area contributed by atoms with Crippen molar-refractivity contribution in [1.82, 2.24) is 4.98 Å². The molecule has 0 fully saturated rings. The molecule has 0 atom stereocenters. The van der Waals surface area contributed by atoms with E-state index in [-0.39, 0.29) is 5.91 Å². The Hall–Kier alpha value is -2.86. The molecule has 0 unspecified atom stereocenters. The van der Waals surface area contributed by atoms with Crippen molar-refractivity contribution in [3.05, 3.63) is 81.1 Å². The van der Waals surface area contributed by atoms with Crippen LogP contribution in [-0.4, -0.2) is 10.9 Å². The highest BCUT2D eigenvalue weighted by atomic mass is 35.5. The van der Waals surface area contributed by atoms with Gasteiger partial charge in [0.15, 0.2) is 5.58 Å². The number of anilines is 1. The minimum Gasteiger partial charge on any atom is -0.436 e. The minimum absolute atomic E-state index is 0.262. The van der Waals surface area contributed by atoms with Gasteiger partial charge >= 0.3 is 0 Å². The fourth-order valence-corrected chi connectivity index (χ4v) is 4.91. The SMILES string of the molecule is Cc1ccc2nc(-c3ccc(NC(=O)c4sc5cc(Cl)ccc5c4Cl)cc3)oc2c1. The van der Waals surface area contributed by atoms with Gasteiger partial charge in [0.05, 0.1) is 5.02 Å².